The molecule has 3 rings (SSSR count). The average Bonchev–Trinajstić information content (AvgIpc) is 3.04. The third-order valence-corrected chi connectivity index (χ3v) is 6.10. The quantitative estimate of drug-likeness (QED) is 0.552. The first-order valence-corrected chi connectivity index (χ1v) is 11.3. The smallest absolute Gasteiger partial charge is 0.239 e. The van der Waals surface area contributed by atoms with Gasteiger partial charge < -0.3 is 15.2 Å². The SMILES string of the molecule is C=CCNC(=O)CN1CCN(CC(=O)Nc2c(C#N)c(C)c(C)n2Cc2ccc(F)cc2)CC1. The van der Waals surface area contributed by atoms with Gasteiger partial charge in [0.2, 0.25) is 11.8 Å². The number of hydrogen-bond acceptors (Lipinski definition) is 5. The molecule has 2 heterocycles. The number of hydrogen-bond donors (Lipinski definition) is 2. The first-order chi connectivity index (χ1) is 16.3. The second-order valence-electron chi connectivity index (χ2n) is 8.45. The molecule has 1 aromatic carbocycles. The summed E-state index contributed by atoms with van der Waals surface area (Å²) in [7, 11) is 0. The fraction of sp³-hybridized carbons (Fsp3) is 0.400. The van der Waals surface area contributed by atoms with Crippen LogP contribution in [-0.2, 0) is 16.1 Å². The van der Waals surface area contributed by atoms with Crippen LogP contribution in [-0.4, -0.2) is 72.0 Å². The molecule has 2 N–H and O–H groups in total. The lowest BCUT2D eigenvalue weighted by molar-refractivity contribution is -0.123. The third-order valence-electron chi connectivity index (χ3n) is 6.10. The maximum absolute atomic E-state index is 13.3. The standard InChI is InChI=1S/C25H31FN6O2/c1-4-9-28-23(33)16-30-10-12-31(13-11-30)17-24(34)29-25-22(14-27)18(2)19(3)32(25)15-20-5-7-21(26)8-6-20/h4-8H,1,9-13,15-17H2,2-3H3,(H,28,33)(H,29,34). The van der Waals surface area contributed by atoms with Crippen LogP contribution in [0.15, 0.2) is 36.9 Å². The van der Waals surface area contributed by atoms with Crippen molar-refractivity contribution in [3.63, 3.8) is 0 Å². The molecule has 9 heteroatoms. The van der Waals surface area contributed by atoms with E-state index in [-0.39, 0.29) is 24.2 Å². The molecule has 1 fully saturated rings. The number of piperazine rings is 1. The number of carbonyl (C=O) groups excluding carboxylic acids is 2. The molecule has 2 amide bonds. The molecule has 0 bridgehead atoms. The first kappa shape index (κ1) is 25.1. The zero-order chi connectivity index (χ0) is 24.7. The number of amides is 2. The highest BCUT2D eigenvalue weighted by atomic mass is 19.1. The van der Waals surface area contributed by atoms with Gasteiger partial charge in [0.15, 0.2) is 0 Å². The van der Waals surface area contributed by atoms with Crippen LogP contribution in [0, 0.1) is 31.0 Å². The minimum Gasteiger partial charge on any atom is -0.352 e. The molecule has 34 heavy (non-hydrogen) atoms. The molecule has 1 aliphatic rings. The van der Waals surface area contributed by atoms with Crippen molar-refractivity contribution in [2.45, 2.75) is 20.4 Å². The molecule has 0 spiro atoms. The van der Waals surface area contributed by atoms with Crippen molar-refractivity contribution < 1.29 is 14.0 Å². The van der Waals surface area contributed by atoms with Gasteiger partial charge in [0.05, 0.1) is 18.7 Å². The van der Waals surface area contributed by atoms with Gasteiger partial charge in [-0.1, -0.05) is 18.2 Å². The topological polar surface area (TPSA) is 93.4 Å². The molecule has 180 valence electrons. The van der Waals surface area contributed by atoms with Gasteiger partial charge in [0, 0.05) is 45.0 Å². The molecule has 1 saturated heterocycles. The monoisotopic (exact) mass is 466 g/mol. The van der Waals surface area contributed by atoms with Crippen molar-refractivity contribution in [2.24, 2.45) is 0 Å². The molecule has 0 aliphatic carbocycles. The van der Waals surface area contributed by atoms with E-state index in [4.69, 9.17) is 0 Å². The highest BCUT2D eigenvalue weighted by Crippen LogP contribution is 2.27. The van der Waals surface area contributed by atoms with E-state index in [9.17, 15) is 19.2 Å². The fourth-order valence-electron chi connectivity index (χ4n) is 4.03. The lowest BCUT2D eigenvalue weighted by atomic mass is 10.2. The minimum absolute atomic E-state index is 0.0391. The Labute approximate surface area is 199 Å². The second-order valence-corrected chi connectivity index (χ2v) is 8.45. The maximum atomic E-state index is 13.3. The molecule has 0 saturated carbocycles. The number of nitrogens with one attached hydrogen (secondary N) is 2. The van der Waals surface area contributed by atoms with E-state index in [1.54, 1.807) is 18.2 Å². The summed E-state index contributed by atoms with van der Waals surface area (Å²) in [6.45, 7) is 11.5. The van der Waals surface area contributed by atoms with Gasteiger partial charge in [-0.25, -0.2) is 4.39 Å². The lowest BCUT2D eigenvalue weighted by Crippen LogP contribution is -2.51. The number of nitrogens with zero attached hydrogens (tertiary/aromatic N) is 4. The van der Waals surface area contributed by atoms with E-state index in [1.807, 2.05) is 23.3 Å². The van der Waals surface area contributed by atoms with Gasteiger partial charge in [0.1, 0.15) is 17.7 Å². The van der Waals surface area contributed by atoms with Crippen LogP contribution >= 0.6 is 0 Å². The van der Waals surface area contributed by atoms with Crippen LogP contribution in [0.2, 0.25) is 0 Å². The summed E-state index contributed by atoms with van der Waals surface area (Å²) in [6, 6.07) is 8.39. The van der Waals surface area contributed by atoms with Crippen molar-refractivity contribution in [2.75, 3.05) is 51.1 Å². The summed E-state index contributed by atoms with van der Waals surface area (Å²) in [4.78, 5) is 28.9. The van der Waals surface area contributed by atoms with E-state index in [2.05, 4.69) is 28.2 Å². The van der Waals surface area contributed by atoms with Gasteiger partial charge >= 0.3 is 0 Å². The van der Waals surface area contributed by atoms with Crippen molar-refractivity contribution in [3.8, 4) is 6.07 Å². The highest BCUT2D eigenvalue weighted by molar-refractivity contribution is 5.93. The summed E-state index contributed by atoms with van der Waals surface area (Å²) < 4.78 is 15.2. The molecule has 8 nitrogen and oxygen atoms in total. The van der Waals surface area contributed by atoms with Crippen molar-refractivity contribution in [1.82, 2.24) is 19.7 Å². The van der Waals surface area contributed by atoms with Crippen molar-refractivity contribution in [3.05, 3.63) is 65.1 Å². The van der Waals surface area contributed by atoms with Gasteiger partial charge in [-0.2, -0.15) is 5.26 Å². The normalized spacial score (nSPS) is 14.4. The largest absolute Gasteiger partial charge is 0.352 e. The predicted molar refractivity (Wildman–Crippen MR) is 129 cm³/mol. The molecule has 1 aromatic heterocycles. The predicted octanol–water partition coefficient (Wildman–Crippen LogP) is 2.02. The van der Waals surface area contributed by atoms with Crippen LogP contribution in [0.1, 0.15) is 22.4 Å². The van der Waals surface area contributed by atoms with Crippen LogP contribution in [0.3, 0.4) is 0 Å². The Kier molecular flexibility index (Phi) is 8.57. The van der Waals surface area contributed by atoms with Crippen LogP contribution in [0.4, 0.5) is 10.2 Å². The Bertz CT molecular complexity index is 1080. The van der Waals surface area contributed by atoms with Gasteiger partial charge in [-0.3, -0.25) is 19.4 Å². The molecule has 1 aliphatic heterocycles. The zero-order valence-electron chi connectivity index (χ0n) is 19.7. The lowest BCUT2D eigenvalue weighted by Gasteiger charge is -2.33. The van der Waals surface area contributed by atoms with Gasteiger partial charge in [-0.05, 0) is 37.1 Å². The number of benzene rings is 1. The van der Waals surface area contributed by atoms with E-state index in [1.165, 1.54) is 12.1 Å². The van der Waals surface area contributed by atoms with Crippen LogP contribution in [0.5, 0.6) is 0 Å². The first-order valence-electron chi connectivity index (χ1n) is 11.3. The van der Waals surface area contributed by atoms with E-state index < -0.39 is 0 Å². The Morgan fingerprint density at radius 3 is 2.24 bits per heavy atom. The summed E-state index contributed by atoms with van der Waals surface area (Å²) >= 11 is 0. The van der Waals surface area contributed by atoms with Gasteiger partial charge in [0.25, 0.3) is 0 Å². The number of rotatable bonds is 9. The number of aromatic nitrogens is 1. The molecule has 2 aromatic rings. The minimum atomic E-state index is -0.312. The second kappa shape index (κ2) is 11.6. The number of carbonyl (C=O) groups is 2. The number of anilines is 1. The summed E-state index contributed by atoms with van der Waals surface area (Å²) in [5, 5.41) is 15.4. The van der Waals surface area contributed by atoms with Gasteiger partial charge in [-0.15, -0.1) is 6.58 Å². The molecular weight excluding hydrogens is 435 g/mol. The Hall–Kier alpha value is -3.48. The Balaban J connectivity index is 1.62. The number of halogens is 1. The van der Waals surface area contributed by atoms with E-state index in [0.717, 1.165) is 16.8 Å². The van der Waals surface area contributed by atoms with Crippen LogP contribution in [0.25, 0.3) is 0 Å². The molecule has 0 radical (unpaired) electrons. The van der Waals surface area contributed by atoms with Crippen molar-refractivity contribution in [1.29, 1.82) is 5.26 Å². The number of nitriles is 1. The van der Waals surface area contributed by atoms with Crippen LogP contribution < -0.4 is 10.6 Å². The summed E-state index contributed by atoms with van der Waals surface area (Å²) in [6.07, 6.45) is 1.64. The highest BCUT2D eigenvalue weighted by Gasteiger charge is 2.23. The summed E-state index contributed by atoms with van der Waals surface area (Å²) in [5.74, 6) is -0.0912. The molecule has 0 unspecified atom stereocenters. The van der Waals surface area contributed by atoms with E-state index >= 15 is 0 Å². The Morgan fingerprint density at radius 1 is 1.09 bits per heavy atom. The average molecular weight is 467 g/mol. The maximum Gasteiger partial charge on any atom is 0.239 e. The zero-order valence-corrected chi connectivity index (χ0v) is 19.7. The Morgan fingerprint density at radius 2 is 1.68 bits per heavy atom. The molecular formula is C25H31FN6O2. The fourth-order valence-corrected chi connectivity index (χ4v) is 4.03. The van der Waals surface area contributed by atoms with E-state index in [0.29, 0.717) is 57.2 Å². The summed E-state index contributed by atoms with van der Waals surface area (Å²) in [5.41, 5.74) is 2.99. The third kappa shape index (κ3) is 6.31. The van der Waals surface area contributed by atoms with Crippen molar-refractivity contribution >= 4 is 17.6 Å². The molecule has 0 atom stereocenters.